The number of rotatable bonds is 7. The van der Waals surface area contributed by atoms with E-state index in [0.29, 0.717) is 18.5 Å². The molecule has 148 valence electrons. The number of carbonyl (C=O) groups is 3. The van der Waals surface area contributed by atoms with Gasteiger partial charge in [-0.05, 0) is 43.5 Å². The summed E-state index contributed by atoms with van der Waals surface area (Å²) >= 11 is 0. The third kappa shape index (κ3) is 4.60. The van der Waals surface area contributed by atoms with Crippen LogP contribution in [-0.4, -0.2) is 35.2 Å². The predicted molar refractivity (Wildman–Crippen MR) is 106 cm³/mol. The number of nitrogens with two attached hydrogens (primary N) is 1. The van der Waals surface area contributed by atoms with Gasteiger partial charge in [0.15, 0.2) is 0 Å². The molecule has 2 aliphatic rings. The Balaban J connectivity index is 1.62. The molecule has 1 aromatic rings. The quantitative estimate of drug-likeness (QED) is 0.430. The van der Waals surface area contributed by atoms with Crippen LogP contribution in [0.5, 0.6) is 0 Å². The molecule has 0 saturated carbocycles. The van der Waals surface area contributed by atoms with Crippen LogP contribution in [0.3, 0.4) is 0 Å². The van der Waals surface area contributed by atoms with Crippen LogP contribution in [-0.2, 0) is 16.1 Å². The van der Waals surface area contributed by atoms with Crippen molar-refractivity contribution < 1.29 is 14.4 Å². The van der Waals surface area contributed by atoms with Gasteiger partial charge in [0.05, 0.1) is 0 Å². The van der Waals surface area contributed by atoms with Gasteiger partial charge >= 0.3 is 0 Å². The highest BCUT2D eigenvalue weighted by atomic mass is 16.2. The summed E-state index contributed by atoms with van der Waals surface area (Å²) in [5.74, 6) is 5.60. The minimum atomic E-state index is -0.591. The van der Waals surface area contributed by atoms with Gasteiger partial charge in [0.25, 0.3) is 5.91 Å². The fraction of sp³-hybridized carbons (Fsp3) is 0.500. The first kappa shape index (κ1) is 20.1. The Morgan fingerprint density at radius 3 is 2.68 bits per heavy atom. The van der Waals surface area contributed by atoms with Crippen molar-refractivity contribution >= 4 is 17.7 Å². The molecule has 0 aromatic heterocycles. The molecule has 6 heteroatoms. The molecule has 1 fully saturated rings. The average Bonchev–Trinajstić information content (AvgIpc) is 3.01. The molecule has 0 radical (unpaired) electrons. The molecule has 1 saturated heterocycles. The third-order valence-corrected chi connectivity index (χ3v) is 5.31. The topological polar surface area (TPSA) is 92.5 Å². The average molecular weight is 381 g/mol. The number of benzene rings is 1. The van der Waals surface area contributed by atoms with Crippen molar-refractivity contribution in [1.82, 2.24) is 10.2 Å². The molecule has 0 bridgehead atoms. The molecule has 28 heavy (non-hydrogen) atoms. The zero-order valence-electron chi connectivity index (χ0n) is 16.1. The SMILES string of the molecule is NCCCCCCCC#Cc1cccc2c1CN(C1CCC(=O)NC1=O)C2=O. The van der Waals surface area contributed by atoms with Crippen LogP contribution < -0.4 is 11.1 Å². The van der Waals surface area contributed by atoms with Gasteiger partial charge in [0, 0.05) is 30.5 Å². The van der Waals surface area contributed by atoms with Crippen LogP contribution in [0.15, 0.2) is 18.2 Å². The Bertz CT molecular complexity index is 822. The fourth-order valence-electron chi connectivity index (χ4n) is 3.75. The van der Waals surface area contributed by atoms with E-state index in [-0.39, 0.29) is 24.1 Å². The van der Waals surface area contributed by atoms with E-state index in [2.05, 4.69) is 17.2 Å². The van der Waals surface area contributed by atoms with Crippen molar-refractivity contribution in [2.75, 3.05) is 6.54 Å². The highest BCUT2D eigenvalue weighted by molar-refractivity contribution is 6.05. The molecule has 3 amide bonds. The van der Waals surface area contributed by atoms with Crippen LogP contribution in [0, 0.1) is 11.8 Å². The number of piperidine rings is 1. The lowest BCUT2D eigenvalue weighted by molar-refractivity contribution is -0.136. The summed E-state index contributed by atoms with van der Waals surface area (Å²) in [6, 6.07) is 4.95. The van der Waals surface area contributed by atoms with E-state index in [1.807, 2.05) is 12.1 Å². The monoisotopic (exact) mass is 381 g/mol. The number of nitrogens with zero attached hydrogens (tertiary/aromatic N) is 1. The summed E-state index contributed by atoms with van der Waals surface area (Å²) in [5.41, 5.74) is 7.84. The number of imide groups is 1. The van der Waals surface area contributed by atoms with E-state index in [4.69, 9.17) is 5.73 Å². The highest BCUT2D eigenvalue weighted by Gasteiger charge is 2.39. The first-order valence-electron chi connectivity index (χ1n) is 10.1. The van der Waals surface area contributed by atoms with Crippen LogP contribution in [0.25, 0.3) is 0 Å². The maximum Gasteiger partial charge on any atom is 0.255 e. The van der Waals surface area contributed by atoms with Gasteiger partial charge in [-0.2, -0.15) is 0 Å². The smallest absolute Gasteiger partial charge is 0.255 e. The fourth-order valence-corrected chi connectivity index (χ4v) is 3.75. The van der Waals surface area contributed by atoms with E-state index in [9.17, 15) is 14.4 Å². The summed E-state index contributed by atoms with van der Waals surface area (Å²) in [7, 11) is 0. The number of fused-ring (bicyclic) bond motifs is 1. The van der Waals surface area contributed by atoms with Crippen LogP contribution in [0.2, 0.25) is 0 Å². The second kappa shape index (κ2) is 9.52. The number of hydrogen-bond acceptors (Lipinski definition) is 4. The lowest BCUT2D eigenvalue weighted by atomic mass is 10.0. The standard InChI is InChI=1S/C22H27N3O3/c23-14-7-5-3-1-2-4-6-9-16-10-8-11-17-18(16)15-25(22(17)28)19-12-13-20(26)24-21(19)27/h8,10-11,19H,1-5,7,12-15,23H2,(H,24,26,27). The van der Waals surface area contributed by atoms with Gasteiger partial charge in [0.2, 0.25) is 11.8 Å². The van der Waals surface area contributed by atoms with Crippen molar-refractivity contribution in [3.63, 3.8) is 0 Å². The first-order chi connectivity index (χ1) is 13.6. The van der Waals surface area contributed by atoms with Crippen molar-refractivity contribution in [2.45, 2.75) is 64.0 Å². The largest absolute Gasteiger partial charge is 0.330 e. The Hall–Kier alpha value is -2.65. The van der Waals surface area contributed by atoms with Gasteiger partial charge < -0.3 is 10.6 Å². The zero-order valence-corrected chi connectivity index (χ0v) is 16.1. The number of carbonyl (C=O) groups excluding carboxylic acids is 3. The van der Waals surface area contributed by atoms with Gasteiger partial charge in [-0.1, -0.05) is 37.2 Å². The van der Waals surface area contributed by atoms with Crippen LogP contribution >= 0.6 is 0 Å². The van der Waals surface area contributed by atoms with Crippen LogP contribution in [0.1, 0.15) is 72.9 Å². The molecule has 2 aliphatic heterocycles. The van der Waals surface area contributed by atoms with E-state index in [1.54, 1.807) is 11.0 Å². The molecule has 3 rings (SSSR count). The summed E-state index contributed by atoms with van der Waals surface area (Å²) in [6.45, 7) is 1.12. The highest BCUT2D eigenvalue weighted by Crippen LogP contribution is 2.29. The second-order valence-electron chi connectivity index (χ2n) is 7.34. The van der Waals surface area contributed by atoms with E-state index in [0.717, 1.165) is 43.4 Å². The number of hydrogen-bond donors (Lipinski definition) is 2. The summed E-state index contributed by atoms with van der Waals surface area (Å²) in [4.78, 5) is 37.9. The maximum atomic E-state index is 12.8. The summed E-state index contributed by atoms with van der Waals surface area (Å²) in [5, 5.41) is 2.33. The summed E-state index contributed by atoms with van der Waals surface area (Å²) < 4.78 is 0. The molecule has 1 atom stereocenters. The van der Waals surface area contributed by atoms with Gasteiger partial charge in [-0.3, -0.25) is 19.7 Å². The van der Waals surface area contributed by atoms with Gasteiger partial charge in [-0.25, -0.2) is 0 Å². The molecular weight excluding hydrogens is 354 g/mol. The molecule has 0 spiro atoms. The maximum absolute atomic E-state index is 12.8. The Morgan fingerprint density at radius 1 is 1.11 bits per heavy atom. The lowest BCUT2D eigenvalue weighted by Gasteiger charge is -2.29. The lowest BCUT2D eigenvalue weighted by Crippen LogP contribution is -2.52. The number of nitrogens with one attached hydrogen (secondary N) is 1. The minimum Gasteiger partial charge on any atom is -0.330 e. The molecule has 2 heterocycles. The van der Waals surface area contributed by atoms with E-state index in [1.165, 1.54) is 12.8 Å². The number of unbranched alkanes of at least 4 members (excludes halogenated alkanes) is 5. The molecule has 1 aromatic carbocycles. The van der Waals surface area contributed by atoms with E-state index < -0.39 is 6.04 Å². The van der Waals surface area contributed by atoms with Gasteiger partial charge in [-0.15, -0.1) is 0 Å². The molecular formula is C22H27N3O3. The Kier molecular flexibility index (Phi) is 6.83. The second-order valence-corrected chi connectivity index (χ2v) is 7.34. The van der Waals surface area contributed by atoms with Crippen molar-refractivity contribution in [2.24, 2.45) is 5.73 Å². The third-order valence-electron chi connectivity index (χ3n) is 5.31. The summed E-state index contributed by atoms with van der Waals surface area (Å²) in [6.07, 6.45) is 7.13. The minimum absolute atomic E-state index is 0.159. The van der Waals surface area contributed by atoms with Crippen molar-refractivity contribution in [3.8, 4) is 11.8 Å². The van der Waals surface area contributed by atoms with Crippen molar-refractivity contribution in [3.05, 3.63) is 34.9 Å². The van der Waals surface area contributed by atoms with E-state index >= 15 is 0 Å². The molecule has 6 nitrogen and oxygen atoms in total. The van der Waals surface area contributed by atoms with Gasteiger partial charge in [0.1, 0.15) is 6.04 Å². The normalized spacial score (nSPS) is 18.5. The molecule has 0 aliphatic carbocycles. The van der Waals surface area contributed by atoms with Crippen LogP contribution in [0.4, 0.5) is 0 Å². The molecule has 3 N–H and O–H groups in total. The first-order valence-corrected chi connectivity index (χ1v) is 10.1. The molecule has 1 unspecified atom stereocenters. The Morgan fingerprint density at radius 2 is 1.89 bits per heavy atom. The number of amides is 3. The Labute approximate surface area is 165 Å². The van der Waals surface area contributed by atoms with Crippen molar-refractivity contribution in [1.29, 1.82) is 0 Å². The zero-order chi connectivity index (χ0) is 19.9. The predicted octanol–water partition coefficient (Wildman–Crippen LogP) is 2.10.